The van der Waals surface area contributed by atoms with Crippen molar-refractivity contribution in [3.05, 3.63) is 53.6 Å². The number of carbonyl (C=O) groups is 1. The normalized spacial score (nSPS) is 20.4. The molecule has 1 aliphatic rings. The number of amides is 2. The van der Waals surface area contributed by atoms with E-state index in [0.717, 1.165) is 17.8 Å². The molecule has 0 radical (unpaired) electrons. The van der Waals surface area contributed by atoms with Gasteiger partial charge in [0.1, 0.15) is 11.6 Å². The van der Waals surface area contributed by atoms with Crippen molar-refractivity contribution in [2.75, 3.05) is 13.1 Å². The minimum atomic E-state index is -0.681. The first-order valence-electron chi connectivity index (χ1n) is 7.64. The largest absolute Gasteiger partial charge is 0.340 e. The average molecular weight is 335 g/mol. The average Bonchev–Trinajstić information content (AvgIpc) is 3.12. The fourth-order valence-electron chi connectivity index (χ4n) is 2.88. The highest BCUT2D eigenvalue weighted by molar-refractivity contribution is 5.74. The number of halogens is 2. The number of nitrogens with two attached hydrogens (primary N) is 1. The molecule has 0 unspecified atom stereocenters. The molecule has 8 heteroatoms. The third kappa shape index (κ3) is 3.38. The summed E-state index contributed by atoms with van der Waals surface area (Å²) in [6.07, 6.45) is 3.59. The lowest BCUT2D eigenvalue weighted by Gasteiger charge is -2.17. The molecule has 0 saturated carbocycles. The third-order valence-corrected chi connectivity index (χ3v) is 4.20. The Kier molecular flexibility index (Phi) is 4.48. The Bertz CT molecular complexity index is 748. The Hall–Kier alpha value is -2.48. The van der Waals surface area contributed by atoms with Crippen molar-refractivity contribution in [1.82, 2.24) is 19.8 Å². The Balaban J connectivity index is 1.60. The van der Waals surface area contributed by atoms with E-state index in [1.54, 1.807) is 11.2 Å². The van der Waals surface area contributed by atoms with Crippen LogP contribution in [-0.4, -0.2) is 39.6 Å². The fraction of sp³-hybridized carbons (Fsp3) is 0.375. The van der Waals surface area contributed by atoms with Gasteiger partial charge < -0.3 is 20.5 Å². The lowest BCUT2D eigenvalue weighted by atomic mass is 10.0. The number of nitrogens with one attached hydrogen (secondary N) is 1. The highest BCUT2D eigenvalue weighted by Crippen LogP contribution is 2.25. The maximum Gasteiger partial charge on any atom is 0.317 e. The molecular weight excluding hydrogens is 316 g/mol. The third-order valence-electron chi connectivity index (χ3n) is 4.20. The van der Waals surface area contributed by atoms with Crippen LogP contribution < -0.4 is 11.1 Å². The summed E-state index contributed by atoms with van der Waals surface area (Å²) in [5, 5.41) is 2.64. The van der Waals surface area contributed by atoms with E-state index in [1.165, 1.54) is 6.07 Å². The molecule has 0 bridgehead atoms. The van der Waals surface area contributed by atoms with Crippen LogP contribution in [0.25, 0.3) is 0 Å². The van der Waals surface area contributed by atoms with Crippen LogP contribution in [0.4, 0.5) is 13.6 Å². The van der Waals surface area contributed by atoms with Crippen molar-refractivity contribution in [3.63, 3.8) is 0 Å². The van der Waals surface area contributed by atoms with Crippen LogP contribution in [0.5, 0.6) is 0 Å². The zero-order valence-corrected chi connectivity index (χ0v) is 13.2. The number of imidazole rings is 1. The molecule has 3 N–H and O–H groups in total. The zero-order chi connectivity index (χ0) is 17.3. The first-order valence-corrected chi connectivity index (χ1v) is 7.64. The summed E-state index contributed by atoms with van der Waals surface area (Å²) in [5.41, 5.74) is 7.21. The molecule has 2 amide bonds. The van der Waals surface area contributed by atoms with E-state index >= 15 is 0 Å². The maximum absolute atomic E-state index is 13.6. The Morgan fingerprint density at radius 2 is 2.21 bits per heavy atom. The van der Waals surface area contributed by atoms with Crippen molar-refractivity contribution in [1.29, 1.82) is 0 Å². The van der Waals surface area contributed by atoms with Crippen LogP contribution in [0.15, 0.2) is 30.7 Å². The smallest absolute Gasteiger partial charge is 0.317 e. The monoisotopic (exact) mass is 335 g/mol. The quantitative estimate of drug-likeness (QED) is 0.889. The van der Waals surface area contributed by atoms with E-state index in [1.807, 2.05) is 17.8 Å². The second kappa shape index (κ2) is 6.56. The number of carbonyl (C=O) groups excluding carboxylic acids is 1. The molecule has 1 saturated heterocycles. The molecule has 24 heavy (non-hydrogen) atoms. The molecule has 2 aromatic rings. The summed E-state index contributed by atoms with van der Waals surface area (Å²) in [6, 6.07) is 2.75. The lowest BCUT2D eigenvalue weighted by Crippen LogP contribution is -2.39. The summed E-state index contributed by atoms with van der Waals surface area (Å²) < 4.78 is 28.3. The molecule has 2 heterocycles. The van der Waals surface area contributed by atoms with Crippen LogP contribution in [0.1, 0.15) is 17.2 Å². The Morgan fingerprint density at radius 3 is 2.88 bits per heavy atom. The molecule has 1 fully saturated rings. The van der Waals surface area contributed by atoms with Gasteiger partial charge in [0.2, 0.25) is 0 Å². The van der Waals surface area contributed by atoms with E-state index in [-0.39, 0.29) is 30.1 Å². The van der Waals surface area contributed by atoms with Gasteiger partial charge in [-0.15, -0.1) is 0 Å². The van der Waals surface area contributed by atoms with Gasteiger partial charge in [-0.1, -0.05) is 6.07 Å². The molecule has 0 spiro atoms. The molecule has 6 nitrogen and oxygen atoms in total. The molecule has 1 aliphatic heterocycles. The van der Waals surface area contributed by atoms with E-state index in [0.29, 0.717) is 13.1 Å². The number of urea groups is 1. The van der Waals surface area contributed by atoms with E-state index < -0.39 is 11.6 Å². The van der Waals surface area contributed by atoms with E-state index in [2.05, 4.69) is 10.3 Å². The lowest BCUT2D eigenvalue weighted by molar-refractivity contribution is 0.207. The van der Waals surface area contributed by atoms with Gasteiger partial charge in [-0.2, -0.15) is 0 Å². The minimum absolute atomic E-state index is 0.00899. The highest BCUT2D eigenvalue weighted by atomic mass is 19.1. The van der Waals surface area contributed by atoms with Gasteiger partial charge >= 0.3 is 6.03 Å². The van der Waals surface area contributed by atoms with Crippen molar-refractivity contribution in [2.24, 2.45) is 12.8 Å². The van der Waals surface area contributed by atoms with Crippen molar-refractivity contribution in [3.8, 4) is 0 Å². The summed E-state index contributed by atoms with van der Waals surface area (Å²) in [6.45, 7) is 0.847. The second-order valence-corrected chi connectivity index (χ2v) is 6.03. The van der Waals surface area contributed by atoms with Gasteiger partial charge in [0.05, 0.1) is 12.0 Å². The molecule has 0 aliphatic carbocycles. The number of rotatable bonds is 3. The van der Waals surface area contributed by atoms with Gasteiger partial charge in [-0.25, -0.2) is 18.6 Å². The number of nitrogens with zero attached hydrogens (tertiary/aromatic N) is 3. The second-order valence-electron chi connectivity index (χ2n) is 6.03. The summed E-state index contributed by atoms with van der Waals surface area (Å²) in [7, 11) is 1.87. The number of hydrogen-bond donors (Lipinski definition) is 2. The van der Waals surface area contributed by atoms with Gasteiger partial charge in [0.25, 0.3) is 0 Å². The predicted octanol–water partition coefficient (Wildman–Crippen LogP) is 1.33. The highest BCUT2D eigenvalue weighted by Gasteiger charge is 2.35. The summed E-state index contributed by atoms with van der Waals surface area (Å²) in [5.74, 6) is -1.36. The zero-order valence-electron chi connectivity index (χ0n) is 13.2. The molecule has 2 atom stereocenters. The first-order chi connectivity index (χ1) is 11.4. The SMILES string of the molecule is Cn1cnc([C@@H]2CN(C(=O)NCc3ccc(F)cc3F)C[C@H]2N)c1. The number of likely N-dealkylation sites (tertiary alicyclic amines) is 1. The molecule has 128 valence electrons. The van der Waals surface area contributed by atoms with Gasteiger partial charge in [0.15, 0.2) is 0 Å². The molecule has 1 aromatic heterocycles. The van der Waals surface area contributed by atoms with E-state index in [4.69, 9.17) is 5.73 Å². The Morgan fingerprint density at radius 1 is 1.42 bits per heavy atom. The summed E-state index contributed by atoms with van der Waals surface area (Å²) in [4.78, 5) is 18.1. The van der Waals surface area contributed by atoms with Crippen molar-refractivity contribution < 1.29 is 13.6 Å². The van der Waals surface area contributed by atoms with Crippen molar-refractivity contribution in [2.45, 2.75) is 18.5 Å². The van der Waals surface area contributed by atoms with Gasteiger partial charge in [0, 0.05) is 56.5 Å². The number of hydrogen-bond acceptors (Lipinski definition) is 3. The van der Waals surface area contributed by atoms with Crippen LogP contribution >= 0.6 is 0 Å². The van der Waals surface area contributed by atoms with Gasteiger partial charge in [-0.3, -0.25) is 0 Å². The van der Waals surface area contributed by atoms with Crippen LogP contribution in [0.2, 0.25) is 0 Å². The van der Waals surface area contributed by atoms with Crippen LogP contribution in [0, 0.1) is 11.6 Å². The maximum atomic E-state index is 13.6. The number of aromatic nitrogens is 2. The number of aryl methyl sites for hydroxylation is 1. The standard InChI is InChI=1S/C16H19F2N5O/c1-22-8-15(21-9-22)12-6-23(7-14(12)19)16(24)20-5-10-2-3-11(17)4-13(10)18/h2-4,8-9,12,14H,5-7,19H2,1H3,(H,20,24)/t12-,14-/m1/s1. The van der Waals surface area contributed by atoms with Crippen molar-refractivity contribution >= 4 is 6.03 Å². The van der Waals surface area contributed by atoms with E-state index in [9.17, 15) is 13.6 Å². The molecule has 3 rings (SSSR count). The Labute approximate surface area is 138 Å². The topological polar surface area (TPSA) is 76.2 Å². The molecular formula is C16H19F2N5O. The predicted molar refractivity (Wildman–Crippen MR) is 84.1 cm³/mol. The van der Waals surface area contributed by atoms with Crippen LogP contribution in [-0.2, 0) is 13.6 Å². The van der Waals surface area contributed by atoms with Crippen LogP contribution in [0.3, 0.4) is 0 Å². The fourth-order valence-corrected chi connectivity index (χ4v) is 2.88. The minimum Gasteiger partial charge on any atom is -0.340 e. The van der Waals surface area contributed by atoms with Gasteiger partial charge in [-0.05, 0) is 6.07 Å². The summed E-state index contributed by atoms with van der Waals surface area (Å²) >= 11 is 0. The number of benzene rings is 1. The first kappa shape index (κ1) is 16.4. The molecule has 1 aromatic carbocycles.